The Balaban J connectivity index is 0.000000164. The topological polar surface area (TPSA) is 248 Å². The Morgan fingerprint density at radius 3 is 1.80 bits per heavy atom. The molecule has 59 heavy (non-hydrogen) atoms. The van der Waals surface area contributed by atoms with E-state index in [2.05, 4.69) is 56.1 Å². The van der Waals surface area contributed by atoms with Crippen LogP contribution in [0.4, 0.5) is 20.3 Å². The number of aliphatic hydroxyl groups excluding tert-OH is 2. The number of nitrogens with one attached hydrogen (secondary N) is 1. The Labute approximate surface area is 331 Å². The predicted molar refractivity (Wildman–Crippen MR) is 207 cm³/mol. The number of anilines is 2. The van der Waals surface area contributed by atoms with Crippen LogP contribution in [0, 0.1) is 11.6 Å². The Morgan fingerprint density at radius 2 is 1.25 bits per heavy atom. The molecule has 0 aliphatic carbocycles. The van der Waals surface area contributed by atoms with Crippen molar-refractivity contribution in [1.29, 1.82) is 0 Å². The van der Waals surface area contributed by atoms with E-state index in [0.29, 0.717) is 86.2 Å². The van der Waals surface area contributed by atoms with Gasteiger partial charge in [0.15, 0.2) is 28.6 Å². The first-order valence-electron chi connectivity index (χ1n) is 18.0. The molecule has 0 fully saturated rings. The molecule has 298 valence electrons. The van der Waals surface area contributed by atoms with E-state index in [1.807, 2.05) is 0 Å². The standard InChI is InChI=1S/C19H15FN8O2.C19H18FN7O2/c20-13-4-2-1-3-12(13)11-28-17(14-5-8-30-25-14)9-15(24-28)18-21-10-16-19(22-18)27(6-7-29)26-23-16;20-13-4-2-1-3-12(13)11-27-17(15-5-8-29-26-15)9-16(25-27)19-23-10-14(21)18(24-19)22-6-7-28/h1-5,8-10,29H,6-7,11H2;1-5,8-10,28H,6-7,11,21H2,(H,22,23,24). The fourth-order valence-corrected chi connectivity index (χ4v) is 5.94. The summed E-state index contributed by atoms with van der Waals surface area (Å²) in [5, 5.41) is 46.2. The number of hydrogen-bond donors (Lipinski definition) is 4. The van der Waals surface area contributed by atoms with Gasteiger partial charge in [-0.2, -0.15) is 10.2 Å². The van der Waals surface area contributed by atoms with E-state index >= 15 is 0 Å². The third-order valence-electron chi connectivity index (χ3n) is 8.76. The average Bonchev–Trinajstić information content (AvgIpc) is 4.11. The van der Waals surface area contributed by atoms with Crippen LogP contribution in [-0.2, 0) is 19.6 Å². The zero-order valence-electron chi connectivity index (χ0n) is 30.8. The summed E-state index contributed by atoms with van der Waals surface area (Å²) in [5.74, 6) is 0.431. The molecule has 19 nitrogen and oxygen atoms in total. The summed E-state index contributed by atoms with van der Waals surface area (Å²) in [4.78, 5) is 17.5. The van der Waals surface area contributed by atoms with Crippen LogP contribution >= 0.6 is 0 Å². The number of nitrogens with two attached hydrogens (primary N) is 1. The summed E-state index contributed by atoms with van der Waals surface area (Å²) in [6.07, 6.45) is 5.92. The van der Waals surface area contributed by atoms with Gasteiger partial charge in [0.05, 0.1) is 62.3 Å². The molecule has 0 unspecified atom stereocenters. The molecule has 9 aromatic rings. The van der Waals surface area contributed by atoms with Gasteiger partial charge in [0.2, 0.25) is 0 Å². The SMILES string of the molecule is Nc1cnc(-c2cc(-c3ccon3)n(Cc3ccccc3F)n2)nc1NCCO.OCCn1nnc2cnc(-c3cc(-c4ccon4)n(Cc4ccccc4F)n3)nc21. The number of aromatic nitrogens is 13. The molecule has 0 aliphatic heterocycles. The molecule has 9 rings (SSSR count). The van der Waals surface area contributed by atoms with Crippen molar-refractivity contribution in [1.82, 2.24) is 64.8 Å². The van der Waals surface area contributed by atoms with Crippen LogP contribution in [0.15, 0.2) is 107 Å². The third-order valence-corrected chi connectivity index (χ3v) is 8.76. The lowest BCUT2D eigenvalue weighted by Gasteiger charge is -2.07. The summed E-state index contributed by atoms with van der Waals surface area (Å²) >= 11 is 0. The second-order valence-electron chi connectivity index (χ2n) is 12.7. The maximum atomic E-state index is 14.2. The first kappa shape index (κ1) is 38.1. The lowest BCUT2D eigenvalue weighted by molar-refractivity contribution is 0.270. The molecule has 0 saturated heterocycles. The van der Waals surface area contributed by atoms with Crippen molar-refractivity contribution in [3.05, 3.63) is 120 Å². The van der Waals surface area contributed by atoms with Crippen molar-refractivity contribution in [2.75, 3.05) is 30.8 Å². The van der Waals surface area contributed by atoms with E-state index in [0.717, 1.165) is 0 Å². The highest BCUT2D eigenvalue weighted by Crippen LogP contribution is 2.28. The largest absolute Gasteiger partial charge is 0.395 e. The van der Waals surface area contributed by atoms with Gasteiger partial charge in [0.1, 0.15) is 46.9 Å². The van der Waals surface area contributed by atoms with Crippen LogP contribution < -0.4 is 11.1 Å². The van der Waals surface area contributed by atoms with Gasteiger partial charge in [-0.3, -0.25) is 9.36 Å². The Kier molecular flexibility index (Phi) is 11.1. The maximum Gasteiger partial charge on any atom is 0.182 e. The highest BCUT2D eigenvalue weighted by atomic mass is 19.1. The highest BCUT2D eigenvalue weighted by Gasteiger charge is 2.20. The molecule has 2 aromatic carbocycles. The van der Waals surface area contributed by atoms with Gasteiger partial charge in [-0.1, -0.05) is 51.9 Å². The number of rotatable bonds is 13. The average molecular weight is 802 g/mol. The minimum atomic E-state index is -0.324. The van der Waals surface area contributed by atoms with Crippen molar-refractivity contribution in [2.45, 2.75) is 19.6 Å². The van der Waals surface area contributed by atoms with Gasteiger partial charge in [-0.05, 0) is 24.3 Å². The van der Waals surface area contributed by atoms with E-state index in [1.165, 1.54) is 35.5 Å². The van der Waals surface area contributed by atoms with Crippen LogP contribution in [0.1, 0.15) is 11.1 Å². The van der Waals surface area contributed by atoms with Crippen LogP contribution in [0.2, 0.25) is 0 Å². The quantitative estimate of drug-likeness (QED) is 0.128. The van der Waals surface area contributed by atoms with Gasteiger partial charge in [0.25, 0.3) is 0 Å². The molecule has 21 heteroatoms. The number of hydrogen-bond acceptors (Lipinski definition) is 16. The second-order valence-corrected chi connectivity index (χ2v) is 12.7. The second kappa shape index (κ2) is 17.2. The number of nitrogens with zero attached hydrogens (tertiary/aromatic N) is 13. The molecule has 0 aliphatic rings. The number of benzene rings is 2. The molecular weight excluding hydrogens is 769 g/mol. The molecule has 5 N–H and O–H groups in total. The number of fused-ring (bicyclic) bond motifs is 1. The number of halogens is 2. The summed E-state index contributed by atoms with van der Waals surface area (Å²) in [6, 6.07) is 19.9. The maximum absolute atomic E-state index is 14.2. The van der Waals surface area contributed by atoms with Crippen molar-refractivity contribution in [3.63, 3.8) is 0 Å². The van der Waals surface area contributed by atoms with Crippen molar-refractivity contribution in [3.8, 4) is 45.8 Å². The monoisotopic (exact) mass is 801 g/mol. The molecular formula is C38H33F2N15O4. The third kappa shape index (κ3) is 8.36. The smallest absolute Gasteiger partial charge is 0.182 e. The van der Waals surface area contributed by atoms with E-state index in [1.54, 1.807) is 76.2 Å². The molecule has 0 bridgehead atoms. The highest BCUT2D eigenvalue weighted by molar-refractivity contribution is 5.72. The zero-order valence-corrected chi connectivity index (χ0v) is 30.8. The molecule has 0 spiro atoms. The van der Waals surface area contributed by atoms with Crippen molar-refractivity contribution in [2.24, 2.45) is 0 Å². The molecule has 0 amide bonds. The predicted octanol–water partition coefficient (Wildman–Crippen LogP) is 4.09. The van der Waals surface area contributed by atoms with E-state index < -0.39 is 0 Å². The van der Waals surface area contributed by atoms with Crippen LogP contribution in [0.5, 0.6) is 0 Å². The van der Waals surface area contributed by atoms with Gasteiger partial charge in [0, 0.05) is 29.8 Å². The lowest BCUT2D eigenvalue weighted by Crippen LogP contribution is -2.10. The van der Waals surface area contributed by atoms with Gasteiger partial charge in [-0.15, -0.1) is 5.10 Å². The first-order valence-corrected chi connectivity index (χ1v) is 18.0. The number of aliphatic hydroxyl groups is 2. The van der Waals surface area contributed by atoms with E-state index in [-0.39, 0.29) is 44.5 Å². The molecule has 0 radical (unpaired) electrons. The van der Waals surface area contributed by atoms with Crippen LogP contribution in [-0.4, -0.2) is 94.8 Å². The fourth-order valence-electron chi connectivity index (χ4n) is 5.94. The van der Waals surface area contributed by atoms with Gasteiger partial charge < -0.3 is 30.3 Å². The Hall–Kier alpha value is -7.78. The lowest BCUT2D eigenvalue weighted by atomic mass is 10.2. The van der Waals surface area contributed by atoms with E-state index in [4.69, 9.17) is 19.9 Å². The van der Waals surface area contributed by atoms with Crippen LogP contribution in [0.25, 0.3) is 57.0 Å². The Bertz CT molecular complexity index is 2800. The van der Waals surface area contributed by atoms with E-state index in [9.17, 15) is 13.9 Å². The summed E-state index contributed by atoms with van der Waals surface area (Å²) in [5.41, 5.74) is 11.5. The first-order chi connectivity index (χ1) is 28.9. The summed E-state index contributed by atoms with van der Waals surface area (Å²) in [6.45, 7) is 0.795. The van der Waals surface area contributed by atoms with Crippen molar-refractivity contribution < 1.29 is 28.0 Å². The van der Waals surface area contributed by atoms with Gasteiger partial charge in [-0.25, -0.2) is 33.4 Å². The van der Waals surface area contributed by atoms with Crippen molar-refractivity contribution >= 4 is 22.7 Å². The normalized spacial score (nSPS) is 11.2. The Morgan fingerprint density at radius 1 is 0.678 bits per heavy atom. The minimum absolute atomic E-state index is 0.0631. The van der Waals surface area contributed by atoms with Gasteiger partial charge >= 0.3 is 0 Å². The molecule has 0 saturated carbocycles. The fraction of sp³-hybridized carbons (Fsp3) is 0.158. The van der Waals surface area contributed by atoms with Crippen LogP contribution in [0.3, 0.4) is 0 Å². The summed E-state index contributed by atoms with van der Waals surface area (Å²) < 4.78 is 43.0. The molecule has 7 aromatic heterocycles. The molecule has 0 atom stereocenters. The number of nitrogen functional groups attached to an aromatic ring is 1. The summed E-state index contributed by atoms with van der Waals surface area (Å²) in [7, 11) is 0. The minimum Gasteiger partial charge on any atom is -0.395 e. The molecule has 7 heterocycles. The zero-order chi connectivity index (χ0) is 40.7.